The van der Waals surface area contributed by atoms with Gasteiger partial charge in [-0.3, -0.25) is 4.79 Å². The third kappa shape index (κ3) is 3.88. The van der Waals surface area contributed by atoms with E-state index >= 15 is 0 Å². The molecule has 0 aliphatic rings. The lowest BCUT2D eigenvalue weighted by Gasteiger charge is -2.14. The Hall–Kier alpha value is -2.92. The molecule has 1 N–H and O–H groups in total. The normalized spacial score (nSPS) is 11.4. The highest BCUT2D eigenvalue weighted by molar-refractivity contribution is 6.08. The molecule has 0 spiro atoms. The van der Waals surface area contributed by atoms with Crippen LogP contribution < -0.4 is 4.74 Å². The Morgan fingerprint density at radius 3 is 2.50 bits per heavy atom. The van der Waals surface area contributed by atoms with Crippen LogP contribution in [0.2, 0.25) is 0 Å². The number of rotatable bonds is 7. The number of aliphatic hydroxyl groups excluding tert-OH is 1. The maximum Gasteiger partial charge on any atom is 0.343 e. The number of aliphatic hydroxyl groups is 1. The molecule has 2 aromatic carbocycles. The molecule has 0 fully saturated rings. The van der Waals surface area contributed by atoms with E-state index in [2.05, 4.69) is 6.58 Å². The molecule has 0 amide bonds. The number of hydrogen-bond donors (Lipinski definition) is 1. The summed E-state index contributed by atoms with van der Waals surface area (Å²) in [5, 5.41) is 10.3. The van der Waals surface area contributed by atoms with Crippen molar-refractivity contribution in [2.45, 2.75) is 13.0 Å². The average molecular weight is 326 g/mol. The van der Waals surface area contributed by atoms with Crippen molar-refractivity contribution in [1.82, 2.24) is 0 Å². The molecule has 5 nitrogen and oxygen atoms in total. The quantitative estimate of drug-likeness (QED) is 0.480. The first-order valence-electron chi connectivity index (χ1n) is 7.44. The number of esters is 1. The monoisotopic (exact) mass is 326 g/mol. The lowest BCUT2D eigenvalue weighted by Crippen LogP contribution is -2.17. The highest BCUT2D eigenvalue weighted by Crippen LogP contribution is 2.25. The van der Waals surface area contributed by atoms with Crippen LogP contribution >= 0.6 is 0 Å². The third-order valence-corrected chi connectivity index (χ3v) is 3.34. The molecule has 1 atom stereocenters. The molecule has 24 heavy (non-hydrogen) atoms. The lowest BCUT2D eigenvalue weighted by molar-refractivity contribution is 0.0648. The van der Waals surface area contributed by atoms with E-state index in [-0.39, 0.29) is 11.1 Å². The molecule has 0 aromatic heterocycles. The van der Waals surface area contributed by atoms with E-state index in [1.807, 2.05) is 0 Å². The number of ether oxygens (including phenoxy) is 2. The van der Waals surface area contributed by atoms with Crippen LogP contribution in [0.4, 0.5) is 0 Å². The van der Waals surface area contributed by atoms with Crippen LogP contribution in [-0.2, 0) is 4.74 Å². The minimum Gasteiger partial charge on any atom is -0.494 e. The van der Waals surface area contributed by atoms with Crippen LogP contribution in [0.15, 0.2) is 61.4 Å². The molecule has 0 aliphatic carbocycles. The molecular formula is C19H18O5. The minimum absolute atomic E-state index is 0.0147. The lowest BCUT2D eigenvalue weighted by atomic mass is 9.96. The Labute approximate surface area is 140 Å². The van der Waals surface area contributed by atoms with E-state index in [1.54, 1.807) is 43.3 Å². The zero-order valence-corrected chi connectivity index (χ0v) is 13.3. The Morgan fingerprint density at radius 1 is 1.17 bits per heavy atom. The molecule has 0 saturated carbocycles. The van der Waals surface area contributed by atoms with E-state index in [0.717, 1.165) is 6.26 Å². The maximum atomic E-state index is 12.6. The van der Waals surface area contributed by atoms with Crippen molar-refractivity contribution in [3.8, 4) is 5.75 Å². The van der Waals surface area contributed by atoms with Crippen molar-refractivity contribution in [3.63, 3.8) is 0 Å². The van der Waals surface area contributed by atoms with Crippen molar-refractivity contribution in [3.05, 3.63) is 78.1 Å². The van der Waals surface area contributed by atoms with Gasteiger partial charge in [0.25, 0.3) is 0 Å². The van der Waals surface area contributed by atoms with Gasteiger partial charge >= 0.3 is 5.97 Å². The topological polar surface area (TPSA) is 72.8 Å². The van der Waals surface area contributed by atoms with E-state index in [1.165, 1.54) is 12.1 Å². The molecule has 0 radical (unpaired) electrons. The van der Waals surface area contributed by atoms with Gasteiger partial charge in [0.1, 0.15) is 11.9 Å². The van der Waals surface area contributed by atoms with Gasteiger partial charge in [0.05, 0.1) is 18.4 Å². The molecule has 0 heterocycles. The molecule has 124 valence electrons. The zero-order chi connectivity index (χ0) is 17.5. The molecular weight excluding hydrogens is 308 g/mol. The number of carbonyl (C=O) groups is 2. The van der Waals surface area contributed by atoms with E-state index in [9.17, 15) is 14.7 Å². The summed E-state index contributed by atoms with van der Waals surface area (Å²) < 4.78 is 10.1. The zero-order valence-electron chi connectivity index (χ0n) is 13.3. The van der Waals surface area contributed by atoms with Gasteiger partial charge in [-0.25, -0.2) is 4.79 Å². The fourth-order valence-electron chi connectivity index (χ4n) is 2.24. The average Bonchev–Trinajstić information content (AvgIpc) is 2.61. The van der Waals surface area contributed by atoms with Crippen molar-refractivity contribution in [1.29, 1.82) is 0 Å². The summed E-state index contributed by atoms with van der Waals surface area (Å²) in [6.45, 7) is 5.55. The summed E-state index contributed by atoms with van der Waals surface area (Å²) in [6.07, 6.45) is -0.392. The Kier molecular flexibility index (Phi) is 5.87. The summed E-state index contributed by atoms with van der Waals surface area (Å²) in [4.78, 5) is 24.7. The van der Waals surface area contributed by atoms with Crippen molar-refractivity contribution in [2.24, 2.45) is 0 Å². The molecule has 1 unspecified atom stereocenters. The maximum absolute atomic E-state index is 12.6. The first-order valence-corrected chi connectivity index (χ1v) is 7.44. The predicted molar refractivity (Wildman–Crippen MR) is 89.0 cm³/mol. The first kappa shape index (κ1) is 17.4. The Bertz CT molecular complexity index is 737. The fourth-order valence-corrected chi connectivity index (χ4v) is 2.24. The number of hydrogen-bond acceptors (Lipinski definition) is 5. The Balaban J connectivity index is 2.42. The van der Waals surface area contributed by atoms with E-state index in [4.69, 9.17) is 9.47 Å². The number of benzene rings is 2. The third-order valence-electron chi connectivity index (χ3n) is 3.34. The highest BCUT2D eigenvalue weighted by Gasteiger charge is 2.25. The predicted octanol–water partition coefficient (Wildman–Crippen LogP) is 3.30. The van der Waals surface area contributed by atoms with Gasteiger partial charge in [-0.2, -0.15) is 0 Å². The molecule has 2 aromatic rings. The van der Waals surface area contributed by atoms with Gasteiger partial charge in [0.15, 0.2) is 5.78 Å². The van der Waals surface area contributed by atoms with Crippen molar-refractivity contribution >= 4 is 11.8 Å². The first-order chi connectivity index (χ1) is 11.6. The largest absolute Gasteiger partial charge is 0.494 e. The molecule has 2 rings (SSSR count). The molecule has 0 bridgehead atoms. The van der Waals surface area contributed by atoms with Crippen LogP contribution in [0, 0.1) is 0 Å². The fraction of sp³-hybridized carbons (Fsp3) is 0.158. The van der Waals surface area contributed by atoms with E-state index in [0.29, 0.717) is 17.9 Å². The second kappa shape index (κ2) is 8.08. The number of Topliss-reactive ketones (excluding diaryl/α,β-unsaturated/α-hetero) is 1. The van der Waals surface area contributed by atoms with Crippen molar-refractivity contribution in [2.75, 3.05) is 6.61 Å². The second-order valence-corrected chi connectivity index (χ2v) is 4.89. The van der Waals surface area contributed by atoms with Gasteiger partial charge in [0, 0.05) is 5.56 Å². The van der Waals surface area contributed by atoms with Crippen LogP contribution in [0.5, 0.6) is 5.75 Å². The summed E-state index contributed by atoms with van der Waals surface area (Å²) in [6, 6.07) is 12.9. The van der Waals surface area contributed by atoms with Crippen LogP contribution in [-0.4, -0.2) is 23.5 Å². The summed E-state index contributed by atoms with van der Waals surface area (Å²) in [5.74, 6) is -0.908. The Morgan fingerprint density at radius 2 is 1.88 bits per heavy atom. The standard InChI is InChI=1S/C19H18O5/c1-3-23-14-10-11-15(16(12-14)19(22)24-4-2)18(21)17(20)13-8-6-5-7-9-13/h4-12,17,20H,2-3H2,1H3. The minimum atomic E-state index is -1.38. The SMILES string of the molecule is C=COC(=O)c1cc(OCC)ccc1C(=O)C(O)c1ccccc1. The van der Waals surface area contributed by atoms with Crippen LogP contribution in [0.3, 0.4) is 0 Å². The van der Waals surface area contributed by atoms with Crippen molar-refractivity contribution < 1.29 is 24.2 Å². The van der Waals surface area contributed by atoms with Gasteiger partial charge in [-0.05, 0) is 30.7 Å². The van der Waals surface area contributed by atoms with Gasteiger partial charge in [-0.15, -0.1) is 0 Å². The molecule has 0 saturated heterocycles. The van der Waals surface area contributed by atoms with Gasteiger partial charge in [-0.1, -0.05) is 36.9 Å². The highest BCUT2D eigenvalue weighted by atomic mass is 16.5. The summed E-state index contributed by atoms with van der Waals surface area (Å²) >= 11 is 0. The molecule has 5 heteroatoms. The number of ketones is 1. The second-order valence-electron chi connectivity index (χ2n) is 4.89. The number of carbonyl (C=O) groups excluding carboxylic acids is 2. The van der Waals surface area contributed by atoms with E-state index < -0.39 is 17.9 Å². The van der Waals surface area contributed by atoms with Gasteiger partial charge < -0.3 is 14.6 Å². The van der Waals surface area contributed by atoms with Crippen LogP contribution in [0.1, 0.15) is 39.3 Å². The van der Waals surface area contributed by atoms with Gasteiger partial charge in [0.2, 0.25) is 0 Å². The summed E-state index contributed by atoms with van der Waals surface area (Å²) in [5.41, 5.74) is 0.516. The molecule has 0 aliphatic heterocycles. The van der Waals surface area contributed by atoms with Crippen LogP contribution in [0.25, 0.3) is 0 Å². The summed E-state index contributed by atoms with van der Waals surface area (Å²) in [7, 11) is 0. The smallest absolute Gasteiger partial charge is 0.343 e.